The summed E-state index contributed by atoms with van der Waals surface area (Å²) in [5, 5.41) is 0.904. The number of nitrogens with zero attached hydrogens (tertiary/aromatic N) is 4. The number of benzene rings is 2. The number of ether oxygens (including phenoxy) is 2. The third-order valence-electron chi connectivity index (χ3n) is 6.17. The predicted molar refractivity (Wildman–Crippen MR) is 135 cm³/mol. The van der Waals surface area contributed by atoms with E-state index in [0.717, 1.165) is 15.3 Å². The zero-order chi connectivity index (χ0) is 25.3. The van der Waals surface area contributed by atoms with Gasteiger partial charge in [-0.2, -0.15) is 4.31 Å². The lowest BCUT2D eigenvalue weighted by molar-refractivity contribution is 0.0234. The van der Waals surface area contributed by atoms with Gasteiger partial charge in [0.2, 0.25) is 10.0 Å². The molecule has 0 aliphatic carbocycles. The van der Waals surface area contributed by atoms with Crippen molar-refractivity contribution in [1.29, 1.82) is 0 Å². The van der Waals surface area contributed by atoms with E-state index < -0.39 is 22.1 Å². The monoisotopic (exact) mass is 530 g/mol. The summed E-state index contributed by atoms with van der Waals surface area (Å²) in [6.45, 7) is 4.01. The number of fused-ring (bicyclic) bond motifs is 1. The van der Waals surface area contributed by atoms with Crippen molar-refractivity contribution in [3.05, 3.63) is 54.1 Å². The molecule has 0 atom stereocenters. The van der Waals surface area contributed by atoms with E-state index in [1.165, 1.54) is 33.5 Å². The maximum Gasteiger partial charge on any atom is 0.409 e. The van der Waals surface area contributed by atoms with E-state index in [1.54, 1.807) is 18.3 Å². The highest BCUT2D eigenvalue weighted by molar-refractivity contribution is 7.89. The first-order valence-electron chi connectivity index (χ1n) is 11.7. The van der Waals surface area contributed by atoms with Crippen LogP contribution in [0.15, 0.2) is 53.4 Å². The minimum atomic E-state index is -3.74. The molecule has 2 aliphatic heterocycles. The molecule has 1 amide bonds. The Bertz CT molecular complexity index is 1330. The molecule has 190 valence electrons. The number of sulfonamides is 1. The molecule has 36 heavy (non-hydrogen) atoms. The number of piperazine rings is 1. The van der Waals surface area contributed by atoms with Gasteiger partial charge in [0.1, 0.15) is 6.10 Å². The fraction of sp³-hybridized carbons (Fsp3) is 0.375. The molecule has 0 N–H and O–H groups in total. The number of carbonyl (C=O) groups excluding carboxylic acids is 2. The molecule has 0 radical (unpaired) electrons. The molecule has 0 unspecified atom stereocenters. The highest BCUT2D eigenvalue weighted by Gasteiger charge is 2.33. The number of carbonyl (C=O) groups is 2. The average Bonchev–Trinajstić information content (AvgIpc) is 3.29. The Morgan fingerprint density at radius 3 is 2.39 bits per heavy atom. The zero-order valence-electron chi connectivity index (χ0n) is 19.7. The topological polar surface area (TPSA) is 109 Å². The van der Waals surface area contributed by atoms with Gasteiger partial charge in [-0.05, 0) is 43.3 Å². The lowest BCUT2D eigenvalue weighted by atomic mass is 10.2. The van der Waals surface area contributed by atoms with Crippen molar-refractivity contribution in [1.82, 2.24) is 14.2 Å². The number of hydrogen-bond donors (Lipinski definition) is 0. The van der Waals surface area contributed by atoms with Gasteiger partial charge < -0.3 is 19.3 Å². The molecule has 1 aromatic heterocycles. The molecule has 2 fully saturated rings. The van der Waals surface area contributed by atoms with Gasteiger partial charge in [-0.25, -0.2) is 23.0 Å². The van der Waals surface area contributed by atoms with Gasteiger partial charge in [0, 0.05) is 26.2 Å². The Morgan fingerprint density at radius 2 is 1.72 bits per heavy atom. The molecule has 0 saturated carbocycles. The fourth-order valence-corrected chi connectivity index (χ4v) is 6.53. The number of para-hydroxylation sites is 1. The van der Waals surface area contributed by atoms with Crippen LogP contribution in [0.1, 0.15) is 17.3 Å². The molecule has 3 aromatic rings. The first-order valence-corrected chi connectivity index (χ1v) is 13.9. The van der Waals surface area contributed by atoms with Crippen LogP contribution in [0.25, 0.3) is 10.2 Å². The molecule has 2 saturated heterocycles. The van der Waals surface area contributed by atoms with Crippen LogP contribution in [0.5, 0.6) is 0 Å². The highest BCUT2D eigenvalue weighted by Crippen LogP contribution is 2.32. The second-order valence-electron chi connectivity index (χ2n) is 8.51. The number of hydrogen-bond acceptors (Lipinski definition) is 9. The molecule has 0 bridgehead atoms. The molecular formula is C24H26N4O6S2. The number of aromatic nitrogens is 1. The number of anilines is 1. The van der Waals surface area contributed by atoms with Crippen molar-refractivity contribution >= 4 is 48.8 Å². The summed E-state index contributed by atoms with van der Waals surface area (Å²) in [6, 6.07) is 13.7. The molecule has 5 rings (SSSR count). The first kappa shape index (κ1) is 24.5. The smallest absolute Gasteiger partial charge is 0.409 e. The van der Waals surface area contributed by atoms with Crippen molar-refractivity contribution in [2.24, 2.45) is 0 Å². The zero-order valence-corrected chi connectivity index (χ0v) is 21.3. The number of amides is 1. The van der Waals surface area contributed by atoms with E-state index >= 15 is 0 Å². The summed E-state index contributed by atoms with van der Waals surface area (Å²) in [5.41, 5.74) is 1.24. The molecule has 2 aromatic carbocycles. The third kappa shape index (κ3) is 4.88. The van der Waals surface area contributed by atoms with E-state index in [1.807, 2.05) is 24.3 Å². The standard InChI is InChI=1S/C24H26N4O6S2/c1-2-33-24(30)26-11-13-28(14-12-26)36(31,32)19-9-7-17(8-10-19)22(29)34-18-15-27(16-18)23-25-20-5-3-4-6-21(20)35-23/h3-10,18H,2,11-16H2,1H3. The van der Waals surface area contributed by atoms with Crippen molar-refractivity contribution < 1.29 is 27.5 Å². The summed E-state index contributed by atoms with van der Waals surface area (Å²) in [7, 11) is -3.74. The number of thiazole rings is 1. The molecule has 3 heterocycles. The van der Waals surface area contributed by atoms with Gasteiger partial charge in [-0.1, -0.05) is 23.5 Å². The third-order valence-corrected chi connectivity index (χ3v) is 9.18. The van der Waals surface area contributed by atoms with Gasteiger partial charge in [-0.15, -0.1) is 0 Å². The molecule has 10 nitrogen and oxygen atoms in total. The highest BCUT2D eigenvalue weighted by atomic mass is 32.2. The maximum atomic E-state index is 13.0. The van der Waals surface area contributed by atoms with Crippen LogP contribution in [0.3, 0.4) is 0 Å². The van der Waals surface area contributed by atoms with Crippen LogP contribution in [0, 0.1) is 0 Å². The normalized spacial score (nSPS) is 17.1. The maximum absolute atomic E-state index is 13.0. The lowest BCUT2D eigenvalue weighted by Crippen LogP contribution is -2.53. The van der Waals surface area contributed by atoms with Crippen molar-refractivity contribution in [2.75, 3.05) is 50.8 Å². The minimum absolute atomic E-state index is 0.0919. The van der Waals surface area contributed by atoms with E-state index in [-0.39, 0.29) is 43.8 Å². The predicted octanol–water partition coefficient (Wildman–Crippen LogP) is 2.80. The average molecular weight is 531 g/mol. The quantitative estimate of drug-likeness (QED) is 0.448. The lowest BCUT2D eigenvalue weighted by Gasteiger charge is -2.38. The Balaban J connectivity index is 1.14. The van der Waals surface area contributed by atoms with E-state index in [0.29, 0.717) is 18.7 Å². The number of rotatable bonds is 6. The van der Waals surface area contributed by atoms with E-state index in [4.69, 9.17) is 9.47 Å². The number of esters is 1. The summed E-state index contributed by atoms with van der Waals surface area (Å²) >= 11 is 1.61. The Kier molecular flexibility index (Phi) is 6.82. The second-order valence-corrected chi connectivity index (χ2v) is 11.5. The van der Waals surface area contributed by atoms with Gasteiger partial charge in [-0.3, -0.25) is 0 Å². The fourth-order valence-electron chi connectivity index (χ4n) is 4.12. The van der Waals surface area contributed by atoms with Crippen LogP contribution >= 0.6 is 11.3 Å². The van der Waals surface area contributed by atoms with E-state index in [9.17, 15) is 18.0 Å². The van der Waals surface area contributed by atoms with Crippen LogP contribution in [0.4, 0.5) is 9.93 Å². The molecule has 2 aliphatic rings. The Labute approximate surface area is 213 Å². The largest absolute Gasteiger partial charge is 0.455 e. The van der Waals surface area contributed by atoms with Crippen LogP contribution < -0.4 is 4.90 Å². The molecule has 12 heteroatoms. The van der Waals surface area contributed by atoms with Crippen molar-refractivity contribution in [2.45, 2.75) is 17.9 Å². The summed E-state index contributed by atoms with van der Waals surface area (Å²) in [5.74, 6) is -0.490. The first-order chi connectivity index (χ1) is 17.3. The van der Waals surface area contributed by atoms with Gasteiger partial charge >= 0.3 is 12.1 Å². The summed E-state index contributed by atoms with van der Waals surface area (Å²) < 4.78 is 39.0. The summed E-state index contributed by atoms with van der Waals surface area (Å²) in [4.78, 5) is 32.7. The SMILES string of the molecule is CCOC(=O)N1CCN(S(=O)(=O)c2ccc(C(=O)OC3CN(c4nc5ccccc5s4)C3)cc2)CC1. The molecule has 0 spiro atoms. The second kappa shape index (κ2) is 10.0. The van der Waals surface area contributed by atoms with Crippen LogP contribution in [-0.4, -0.2) is 86.6 Å². The summed E-state index contributed by atoms with van der Waals surface area (Å²) in [6.07, 6.45) is -0.685. The van der Waals surface area contributed by atoms with E-state index in [2.05, 4.69) is 9.88 Å². The molecular weight excluding hydrogens is 504 g/mol. The van der Waals surface area contributed by atoms with Crippen LogP contribution in [-0.2, 0) is 19.5 Å². The van der Waals surface area contributed by atoms with Gasteiger partial charge in [0.25, 0.3) is 0 Å². The minimum Gasteiger partial charge on any atom is -0.455 e. The Hall–Kier alpha value is -3.22. The Morgan fingerprint density at radius 1 is 1.03 bits per heavy atom. The van der Waals surface area contributed by atoms with Gasteiger partial charge in [0.05, 0.1) is 40.4 Å². The van der Waals surface area contributed by atoms with Crippen molar-refractivity contribution in [3.63, 3.8) is 0 Å². The van der Waals surface area contributed by atoms with Gasteiger partial charge in [0.15, 0.2) is 5.13 Å². The van der Waals surface area contributed by atoms with Crippen LogP contribution in [0.2, 0.25) is 0 Å². The van der Waals surface area contributed by atoms with Crippen molar-refractivity contribution in [3.8, 4) is 0 Å².